The second-order valence-electron chi connectivity index (χ2n) is 3.08. The average molecular weight is 193 g/mol. The zero-order chi connectivity index (χ0) is 10.3. The normalized spacial score (nSPS) is 10.7. The molecule has 2 heterocycles. The first kappa shape index (κ1) is 8.61. The summed E-state index contributed by atoms with van der Waals surface area (Å²) in [7, 11) is 0. The van der Waals surface area contributed by atoms with E-state index < -0.39 is 0 Å². The highest BCUT2D eigenvalue weighted by atomic mass is 16.3. The molecule has 0 amide bonds. The van der Waals surface area contributed by atoms with Crippen molar-refractivity contribution >= 4 is 5.95 Å². The summed E-state index contributed by atoms with van der Waals surface area (Å²) in [6.45, 7) is 3.70. The Hall–Kier alpha value is -1.98. The van der Waals surface area contributed by atoms with E-state index >= 15 is 0 Å². The highest BCUT2D eigenvalue weighted by Gasteiger charge is 2.14. The van der Waals surface area contributed by atoms with Gasteiger partial charge in [-0.15, -0.1) is 10.2 Å². The number of aryl methyl sites for hydroxylation is 2. The molecular formula is C8H11N5O. The smallest absolute Gasteiger partial charge is 0.241 e. The van der Waals surface area contributed by atoms with Gasteiger partial charge in [0.25, 0.3) is 0 Å². The Morgan fingerprint density at radius 3 is 2.50 bits per heavy atom. The van der Waals surface area contributed by atoms with Gasteiger partial charge in [-0.05, 0) is 19.9 Å². The second kappa shape index (κ2) is 2.76. The zero-order valence-corrected chi connectivity index (χ0v) is 7.98. The fraction of sp³-hybridized carbons (Fsp3) is 0.250. The van der Waals surface area contributed by atoms with Crippen molar-refractivity contribution in [3.63, 3.8) is 0 Å². The predicted octanol–water partition coefficient (Wildman–Crippen LogP) is 0.451. The van der Waals surface area contributed by atoms with E-state index in [-0.39, 0.29) is 5.95 Å². The Balaban J connectivity index is 2.59. The minimum Gasteiger partial charge on any atom is -0.466 e. The molecule has 0 saturated heterocycles. The lowest BCUT2D eigenvalue weighted by atomic mass is 10.2. The van der Waals surface area contributed by atoms with Gasteiger partial charge in [-0.3, -0.25) is 0 Å². The van der Waals surface area contributed by atoms with E-state index in [1.165, 1.54) is 4.68 Å². The van der Waals surface area contributed by atoms with Gasteiger partial charge in [0, 0.05) is 0 Å². The highest BCUT2D eigenvalue weighted by molar-refractivity contribution is 5.59. The molecule has 0 spiro atoms. The summed E-state index contributed by atoms with van der Waals surface area (Å²) in [5, 5.41) is 7.53. The van der Waals surface area contributed by atoms with Crippen LogP contribution in [0, 0.1) is 13.8 Å². The van der Waals surface area contributed by atoms with Crippen LogP contribution >= 0.6 is 0 Å². The number of hydrogen-bond donors (Lipinski definition) is 2. The van der Waals surface area contributed by atoms with Crippen LogP contribution in [0.15, 0.2) is 10.5 Å². The quantitative estimate of drug-likeness (QED) is 0.641. The first-order valence-corrected chi connectivity index (χ1v) is 4.13. The van der Waals surface area contributed by atoms with Crippen LogP contribution < -0.4 is 11.6 Å². The van der Waals surface area contributed by atoms with Crippen LogP contribution in [0.2, 0.25) is 0 Å². The van der Waals surface area contributed by atoms with Gasteiger partial charge in [-0.1, -0.05) is 0 Å². The number of anilines is 1. The van der Waals surface area contributed by atoms with E-state index in [0.29, 0.717) is 5.82 Å². The number of aromatic nitrogens is 3. The van der Waals surface area contributed by atoms with Gasteiger partial charge in [0.15, 0.2) is 5.82 Å². The van der Waals surface area contributed by atoms with Gasteiger partial charge in [0.05, 0.1) is 5.56 Å². The van der Waals surface area contributed by atoms with Crippen LogP contribution in [0.3, 0.4) is 0 Å². The third-order valence-electron chi connectivity index (χ3n) is 2.00. The number of nitrogen functional groups attached to an aromatic ring is 2. The number of nitrogens with two attached hydrogens (primary N) is 2. The maximum absolute atomic E-state index is 5.64. The van der Waals surface area contributed by atoms with Crippen molar-refractivity contribution in [3.05, 3.63) is 17.6 Å². The van der Waals surface area contributed by atoms with Crippen LogP contribution in [0.5, 0.6) is 0 Å². The van der Waals surface area contributed by atoms with E-state index in [9.17, 15) is 0 Å². The molecule has 0 radical (unpaired) electrons. The largest absolute Gasteiger partial charge is 0.466 e. The molecule has 74 valence electrons. The van der Waals surface area contributed by atoms with E-state index in [1.807, 2.05) is 19.9 Å². The molecule has 0 fully saturated rings. The average Bonchev–Trinajstić information content (AvgIpc) is 2.59. The van der Waals surface area contributed by atoms with E-state index in [0.717, 1.165) is 17.1 Å². The molecule has 6 heteroatoms. The first-order valence-electron chi connectivity index (χ1n) is 4.13. The Morgan fingerprint density at radius 2 is 2.07 bits per heavy atom. The molecule has 2 aromatic heterocycles. The second-order valence-corrected chi connectivity index (χ2v) is 3.08. The fourth-order valence-electron chi connectivity index (χ4n) is 1.34. The van der Waals surface area contributed by atoms with Gasteiger partial charge < -0.3 is 16.0 Å². The molecule has 0 aliphatic rings. The lowest BCUT2D eigenvalue weighted by Crippen LogP contribution is -2.13. The molecule has 6 nitrogen and oxygen atoms in total. The molecule has 0 unspecified atom stereocenters. The molecular weight excluding hydrogens is 182 g/mol. The summed E-state index contributed by atoms with van der Waals surface area (Å²) < 4.78 is 6.59. The van der Waals surface area contributed by atoms with Crippen molar-refractivity contribution in [2.24, 2.45) is 0 Å². The molecule has 2 rings (SSSR count). The predicted molar refractivity (Wildman–Crippen MR) is 51.8 cm³/mol. The molecule has 0 aliphatic carbocycles. The zero-order valence-electron chi connectivity index (χ0n) is 7.98. The molecule has 0 aliphatic heterocycles. The lowest BCUT2D eigenvalue weighted by Gasteiger charge is -1.98. The van der Waals surface area contributed by atoms with Gasteiger partial charge in [-0.2, -0.15) is 0 Å². The number of rotatable bonds is 1. The number of nitrogens with zero attached hydrogens (tertiary/aromatic N) is 3. The van der Waals surface area contributed by atoms with Gasteiger partial charge in [0.1, 0.15) is 11.5 Å². The Labute approximate surface area is 80.5 Å². The van der Waals surface area contributed by atoms with Gasteiger partial charge >= 0.3 is 0 Å². The third-order valence-corrected chi connectivity index (χ3v) is 2.00. The van der Waals surface area contributed by atoms with Gasteiger partial charge in [0.2, 0.25) is 5.95 Å². The van der Waals surface area contributed by atoms with Crippen LogP contribution in [0.4, 0.5) is 5.95 Å². The van der Waals surface area contributed by atoms with Crippen molar-refractivity contribution in [1.82, 2.24) is 14.9 Å². The Bertz CT molecular complexity index is 470. The highest BCUT2D eigenvalue weighted by Crippen LogP contribution is 2.24. The minimum atomic E-state index is 0.179. The first-order chi connectivity index (χ1) is 6.59. The molecule has 2 aromatic rings. The summed E-state index contributed by atoms with van der Waals surface area (Å²) in [6.07, 6.45) is 0. The van der Waals surface area contributed by atoms with E-state index in [2.05, 4.69) is 10.2 Å². The van der Waals surface area contributed by atoms with Gasteiger partial charge in [-0.25, -0.2) is 4.68 Å². The Kier molecular flexibility index (Phi) is 1.70. The molecule has 4 N–H and O–H groups in total. The Morgan fingerprint density at radius 1 is 1.36 bits per heavy atom. The minimum absolute atomic E-state index is 0.179. The standard InChI is InChI=1S/C8H11N5O/c1-4-3-6(5(2)14-4)7-11-12-8(9)13(7)10/h3H,10H2,1-2H3,(H2,9,12). The van der Waals surface area contributed by atoms with E-state index in [4.69, 9.17) is 16.0 Å². The van der Waals surface area contributed by atoms with Crippen LogP contribution in [-0.4, -0.2) is 14.9 Å². The van der Waals surface area contributed by atoms with Crippen molar-refractivity contribution in [3.8, 4) is 11.4 Å². The monoisotopic (exact) mass is 193 g/mol. The molecule has 0 atom stereocenters. The maximum Gasteiger partial charge on any atom is 0.241 e. The van der Waals surface area contributed by atoms with Crippen LogP contribution in [-0.2, 0) is 0 Å². The van der Waals surface area contributed by atoms with Crippen molar-refractivity contribution in [2.45, 2.75) is 13.8 Å². The van der Waals surface area contributed by atoms with Crippen LogP contribution in [0.1, 0.15) is 11.5 Å². The number of furan rings is 1. The summed E-state index contributed by atoms with van der Waals surface area (Å²) in [4.78, 5) is 0. The SMILES string of the molecule is Cc1cc(-c2nnc(N)n2N)c(C)o1. The molecule has 0 saturated carbocycles. The van der Waals surface area contributed by atoms with Crippen molar-refractivity contribution in [1.29, 1.82) is 0 Å². The summed E-state index contributed by atoms with van der Waals surface area (Å²) >= 11 is 0. The molecule has 14 heavy (non-hydrogen) atoms. The molecule has 0 aromatic carbocycles. The van der Waals surface area contributed by atoms with E-state index in [1.54, 1.807) is 0 Å². The van der Waals surface area contributed by atoms with Crippen molar-refractivity contribution < 1.29 is 4.42 Å². The summed E-state index contributed by atoms with van der Waals surface area (Å²) in [6, 6.07) is 1.85. The maximum atomic E-state index is 5.64. The summed E-state index contributed by atoms with van der Waals surface area (Å²) in [5.74, 6) is 7.88. The summed E-state index contributed by atoms with van der Waals surface area (Å²) in [5.41, 5.74) is 6.28. The lowest BCUT2D eigenvalue weighted by molar-refractivity contribution is 0.505. The fourth-order valence-corrected chi connectivity index (χ4v) is 1.34. The third kappa shape index (κ3) is 1.12. The van der Waals surface area contributed by atoms with Crippen LogP contribution in [0.25, 0.3) is 11.4 Å². The molecule has 0 bridgehead atoms. The topological polar surface area (TPSA) is 95.9 Å². The van der Waals surface area contributed by atoms with Crippen molar-refractivity contribution in [2.75, 3.05) is 11.6 Å². The number of hydrogen-bond acceptors (Lipinski definition) is 5.